The number of nitrogens with one attached hydrogen (secondary N) is 2. The third kappa shape index (κ3) is 3.61. The van der Waals surface area contributed by atoms with E-state index >= 15 is 0 Å². The molecule has 20 heavy (non-hydrogen) atoms. The van der Waals surface area contributed by atoms with Crippen molar-refractivity contribution < 1.29 is 4.79 Å². The first-order valence-electron chi connectivity index (χ1n) is 7.00. The average Bonchev–Trinajstić information content (AvgIpc) is 2.47. The van der Waals surface area contributed by atoms with Gasteiger partial charge in [-0.15, -0.1) is 0 Å². The van der Waals surface area contributed by atoms with Crippen LogP contribution in [0.3, 0.4) is 0 Å². The van der Waals surface area contributed by atoms with E-state index in [1.54, 1.807) is 19.3 Å². The molecule has 1 aliphatic rings. The van der Waals surface area contributed by atoms with Crippen LogP contribution < -0.4 is 10.6 Å². The maximum absolute atomic E-state index is 12.2. The van der Waals surface area contributed by atoms with E-state index in [4.69, 9.17) is 11.6 Å². The summed E-state index contributed by atoms with van der Waals surface area (Å²) in [4.78, 5) is 18.7. The molecule has 0 saturated carbocycles. The van der Waals surface area contributed by atoms with Crippen molar-refractivity contribution in [1.29, 1.82) is 0 Å². The Morgan fingerprint density at radius 2 is 2.40 bits per heavy atom. The van der Waals surface area contributed by atoms with Crippen LogP contribution >= 0.6 is 11.6 Å². The van der Waals surface area contributed by atoms with Gasteiger partial charge in [-0.25, -0.2) is 4.98 Å². The number of hydrogen-bond donors (Lipinski definition) is 2. The number of amides is 1. The Kier molecular flexibility index (Phi) is 5.20. The molecule has 1 amide bonds. The second-order valence-electron chi connectivity index (χ2n) is 5.01. The van der Waals surface area contributed by atoms with Gasteiger partial charge in [0.1, 0.15) is 5.82 Å². The number of hydrogen-bond acceptors (Lipinski definition) is 4. The first-order chi connectivity index (χ1) is 9.63. The van der Waals surface area contributed by atoms with Gasteiger partial charge < -0.3 is 15.5 Å². The van der Waals surface area contributed by atoms with Crippen LogP contribution in [0.5, 0.6) is 0 Å². The number of aromatic nitrogens is 1. The molecule has 1 atom stereocenters. The number of halogens is 1. The molecule has 1 aromatic rings. The zero-order valence-corrected chi connectivity index (χ0v) is 12.7. The standard InChI is InChI=1S/C14H21ClN4O/c1-3-19-6-4-5-11(9-19)18-14(20)10-7-12(15)13(16-2)17-8-10/h7-8,11H,3-6,9H2,1-2H3,(H,16,17)(H,18,20). The zero-order chi connectivity index (χ0) is 14.5. The maximum atomic E-state index is 12.2. The minimum atomic E-state index is -0.106. The van der Waals surface area contributed by atoms with E-state index in [9.17, 15) is 4.79 Å². The highest BCUT2D eigenvalue weighted by Crippen LogP contribution is 2.19. The fourth-order valence-electron chi connectivity index (χ4n) is 2.48. The van der Waals surface area contributed by atoms with Gasteiger partial charge in [-0.05, 0) is 32.0 Å². The van der Waals surface area contributed by atoms with Gasteiger partial charge in [-0.2, -0.15) is 0 Å². The van der Waals surface area contributed by atoms with Gasteiger partial charge in [0.15, 0.2) is 0 Å². The molecule has 0 radical (unpaired) electrons. The van der Waals surface area contributed by atoms with E-state index in [0.717, 1.165) is 32.5 Å². The van der Waals surface area contributed by atoms with Gasteiger partial charge in [-0.1, -0.05) is 18.5 Å². The minimum absolute atomic E-state index is 0.106. The average molecular weight is 297 g/mol. The molecule has 0 bridgehead atoms. The van der Waals surface area contributed by atoms with E-state index in [1.807, 2.05) is 0 Å². The van der Waals surface area contributed by atoms with Crippen molar-refractivity contribution in [2.75, 3.05) is 32.0 Å². The summed E-state index contributed by atoms with van der Waals surface area (Å²) in [6.07, 6.45) is 3.70. The van der Waals surface area contributed by atoms with Crippen LogP contribution in [0.2, 0.25) is 5.02 Å². The molecular formula is C14H21ClN4O. The van der Waals surface area contributed by atoms with Crippen molar-refractivity contribution in [3.05, 3.63) is 22.8 Å². The molecule has 1 aromatic heterocycles. The molecular weight excluding hydrogens is 276 g/mol. The van der Waals surface area contributed by atoms with Crippen molar-refractivity contribution in [2.45, 2.75) is 25.8 Å². The highest BCUT2D eigenvalue weighted by molar-refractivity contribution is 6.33. The molecule has 0 aliphatic carbocycles. The summed E-state index contributed by atoms with van der Waals surface area (Å²) in [6, 6.07) is 1.86. The Labute approximate surface area is 124 Å². The van der Waals surface area contributed by atoms with E-state index < -0.39 is 0 Å². The van der Waals surface area contributed by atoms with Gasteiger partial charge in [0, 0.05) is 25.8 Å². The van der Waals surface area contributed by atoms with Gasteiger partial charge in [-0.3, -0.25) is 4.79 Å². The lowest BCUT2D eigenvalue weighted by Crippen LogP contribution is -2.47. The molecule has 0 spiro atoms. The smallest absolute Gasteiger partial charge is 0.253 e. The van der Waals surface area contributed by atoms with Gasteiger partial charge in [0.2, 0.25) is 0 Å². The largest absolute Gasteiger partial charge is 0.372 e. The van der Waals surface area contributed by atoms with Crippen molar-refractivity contribution in [3.63, 3.8) is 0 Å². The van der Waals surface area contributed by atoms with Gasteiger partial charge in [0.05, 0.1) is 10.6 Å². The summed E-state index contributed by atoms with van der Waals surface area (Å²) in [5.41, 5.74) is 0.502. The Morgan fingerprint density at radius 3 is 3.05 bits per heavy atom. The third-order valence-corrected chi connectivity index (χ3v) is 3.92. The lowest BCUT2D eigenvalue weighted by molar-refractivity contribution is 0.0905. The predicted octanol–water partition coefficient (Wildman–Crippen LogP) is 1.99. The number of nitrogens with zero attached hydrogens (tertiary/aromatic N) is 2. The molecule has 1 aliphatic heterocycles. The number of piperidine rings is 1. The molecule has 2 N–H and O–H groups in total. The Morgan fingerprint density at radius 1 is 1.60 bits per heavy atom. The molecule has 2 rings (SSSR count). The van der Waals surface area contributed by atoms with Crippen LogP contribution in [0, 0.1) is 0 Å². The fourth-order valence-corrected chi connectivity index (χ4v) is 2.74. The first kappa shape index (κ1) is 15.1. The Balaban J connectivity index is 1.99. The van der Waals surface area contributed by atoms with Crippen LogP contribution in [-0.4, -0.2) is 48.5 Å². The molecule has 1 unspecified atom stereocenters. The zero-order valence-electron chi connectivity index (χ0n) is 11.9. The quantitative estimate of drug-likeness (QED) is 0.892. The summed E-state index contributed by atoms with van der Waals surface area (Å²) in [5.74, 6) is 0.475. The van der Waals surface area contributed by atoms with E-state index in [1.165, 1.54) is 0 Å². The van der Waals surface area contributed by atoms with Crippen LogP contribution in [0.15, 0.2) is 12.3 Å². The number of pyridine rings is 1. The number of likely N-dealkylation sites (N-methyl/N-ethyl adjacent to an activating group) is 1. The van der Waals surface area contributed by atoms with Gasteiger partial charge >= 0.3 is 0 Å². The van der Waals surface area contributed by atoms with Crippen molar-refractivity contribution >= 4 is 23.3 Å². The second-order valence-corrected chi connectivity index (χ2v) is 5.42. The highest BCUT2D eigenvalue weighted by atomic mass is 35.5. The predicted molar refractivity (Wildman–Crippen MR) is 81.4 cm³/mol. The lowest BCUT2D eigenvalue weighted by Gasteiger charge is -2.32. The summed E-state index contributed by atoms with van der Waals surface area (Å²) >= 11 is 6.05. The summed E-state index contributed by atoms with van der Waals surface area (Å²) in [5, 5.41) is 6.40. The van der Waals surface area contributed by atoms with E-state index in [2.05, 4.69) is 27.4 Å². The topological polar surface area (TPSA) is 57.3 Å². The summed E-state index contributed by atoms with van der Waals surface area (Å²) in [6.45, 7) is 5.20. The third-order valence-electron chi connectivity index (χ3n) is 3.63. The van der Waals surface area contributed by atoms with Crippen LogP contribution in [0.1, 0.15) is 30.1 Å². The van der Waals surface area contributed by atoms with Crippen molar-refractivity contribution in [1.82, 2.24) is 15.2 Å². The van der Waals surface area contributed by atoms with Crippen LogP contribution in [-0.2, 0) is 0 Å². The molecule has 1 fully saturated rings. The van der Waals surface area contributed by atoms with Gasteiger partial charge in [0.25, 0.3) is 5.91 Å². The maximum Gasteiger partial charge on any atom is 0.253 e. The molecule has 110 valence electrons. The highest BCUT2D eigenvalue weighted by Gasteiger charge is 2.21. The summed E-state index contributed by atoms with van der Waals surface area (Å²) < 4.78 is 0. The number of carbonyl (C=O) groups is 1. The van der Waals surface area contributed by atoms with E-state index in [0.29, 0.717) is 16.4 Å². The minimum Gasteiger partial charge on any atom is -0.372 e. The SMILES string of the molecule is CCN1CCCC(NC(=O)c2cnc(NC)c(Cl)c2)C1. The number of likely N-dealkylation sites (tertiary alicyclic amines) is 1. The molecule has 1 saturated heterocycles. The van der Waals surface area contributed by atoms with E-state index in [-0.39, 0.29) is 11.9 Å². The van der Waals surface area contributed by atoms with Crippen molar-refractivity contribution in [2.24, 2.45) is 0 Å². The second kappa shape index (κ2) is 6.90. The van der Waals surface area contributed by atoms with Crippen LogP contribution in [0.25, 0.3) is 0 Å². The molecule has 0 aromatic carbocycles. The Bertz CT molecular complexity index is 480. The Hall–Kier alpha value is -1.33. The number of carbonyl (C=O) groups excluding carboxylic acids is 1. The lowest BCUT2D eigenvalue weighted by atomic mass is 10.1. The first-order valence-corrected chi connectivity index (χ1v) is 7.38. The number of anilines is 1. The number of rotatable bonds is 4. The fraction of sp³-hybridized carbons (Fsp3) is 0.571. The van der Waals surface area contributed by atoms with Crippen molar-refractivity contribution in [3.8, 4) is 0 Å². The monoisotopic (exact) mass is 296 g/mol. The normalized spacial score (nSPS) is 19.6. The summed E-state index contributed by atoms with van der Waals surface area (Å²) in [7, 11) is 1.75. The molecule has 5 nitrogen and oxygen atoms in total. The molecule has 6 heteroatoms. The van der Waals surface area contributed by atoms with Crippen LogP contribution in [0.4, 0.5) is 5.82 Å². The molecule has 2 heterocycles.